The maximum atomic E-state index is 12.8. The van der Waals surface area contributed by atoms with Gasteiger partial charge in [0.1, 0.15) is 0 Å². The average Bonchev–Trinajstić information content (AvgIpc) is 3.40. The lowest BCUT2D eigenvalue weighted by molar-refractivity contribution is 0.804. The van der Waals surface area contributed by atoms with Crippen LogP contribution in [0.2, 0.25) is 0 Å². The fourth-order valence-corrected chi connectivity index (χ4v) is 3.39. The van der Waals surface area contributed by atoms with Crippen molar-refractivity contribution in [1.29, 1.82) is 5.26 Å². The van der Waals surface area contributed by atoms with Gasteiger partial charge in [0.05, 0.1) is 17.2 Å². The third-order valence-electron chi connectivity index (χ3n) is 3.96. The summed E-state index contributed by atoms with van der Waals surface area (Å²) in [5.41, 5.74) is 2.55. The van der Waals surface area contributed by atoms with Crippen LogP contribution in [-0.2, 0) is 0 Å². The number of pyridine rings is 1. The molecular weight excluding hydrogens is 334 g/mol. The van der Waals surface area contributed by atoms with E-state index in [4.69, 9.17) is 5.26 Å². The molecule has 1 saturated heterocycles. The summed E-state index contributed by atoms with van der Waals surface area (Å²) in [6, 6.07) is 12.9. The van der Waals surface area contributed by atoms with Gasteiger partial charge < -0.3 is 0 Å². The Kier molecular flexibility index (Phi) is 3.92. The van der Waals surface area contributed by atoms with Crippen molar-refractivity contribution < 1.29 is 0 Å². The van der Waals surface area contributed by atoms with Crippen LogP contribution in [-0.4, -0.2) is 32.2 Å². The second-order valence-electron chi connectivity index (χ2n) is 5.81. The van der Waals surface area contributed by atoms with E-state index in [1.807, 2.05) is 19.1 Å². The van der Waals surface area contributed by atoms with Crippen LogP contribution in [0.4, 0.5) is 0 Å². The highest BCUT2D eigenvalue weighted by molar-refractivity contribution is 7.97. The SMILES string of the molecule is Cc1[nH]n(-c2ccc(SN3CC3)cn2)c(=O)c1-c1ccc(C#N)cc1. The third kappa shape index (κ3) is 3.09. The van der Waals surface area contributed by atoms with Gasteiger partial charge in [0, 0.05) is 29.9 Å². The lowest BCUT2D eigenvalue weighted by Crippen LogP contribution is -2.16. The zero-order valence-electron chi connectivity index (χ0n) is 13.6. The van der Waals surface area contributed by atoms with Crippen molar-refractivity contribution >= 4 is 11.9 Å². The molecule has 0 aliphatic carbocycles. The van der Waals surface area contributed by atoms with Crippen molar-refractivity contribution in [2.24, 2.45) is 0 Å². The van der Waals surface area contributed by atoms with Gasteiger partial charge in [-0.15, -0.1) is 0 Å². The molecule has 1 aromatic carbocycles. The number of hydrogen-bond donors (Lipinski definition) is 1. The van der Waals surface area contributed by atoms with E-state index in [-0.39, 0.29) is 5.56 Å². The molecule has 4 rings (SSSR count). The van der Waals surface area contributed by atoms with E-state index in [0.717, 1.165) is 29.2 Å². The van der Waals surface area contributed by atoms with Crippen LogP contribution in [0, 0.1) is 18.3 Å². The molecule has 0 radical (unpaired) electrons. The Morgan fingerprint density at radius 2 is 1.96 bits per heavy atom. The van der Waals surface area contributed by atoms with Crippen LogP contribution in [0.25, 0.3) is 16.9 Å². The van der Waals surface area contributed by atoms with Gasteiger partial charge in [-0.25, -0.2) is 14.0 Å². The molecule has 0 atom stereocenters. The quantitative estimate of drug-likeness (QED) is 0.579. The molecule has 0 unspecified atom stereocenters. The maximum absolute atomic E-state index is 12.8. The van der Waals surface area contributed by atoms with E-state index in [1.165, 1.54) is 4.68 Å². The minimum atomic E-state index is -0.152. The van der Waals surface area contributed by atoms with Crippen molar-refractivity contribution in [2.45, 2.75) is 11.8 Å². The zero-order chi connectivity index (χ0) is 17.4. The minimum Gasteiger partial charge on any atom is -0.293 e. The topological polar surface area (TPSA) is 77.5 Å². The lowest BCUT2D eigenvalue weighted by atomic mass is 10.1. The molecule has 0 amide bonds. The first kappa shape index (κ1) is 15.7. The van der Waals surface area contributed by atoms with Gasteiger partial charge in [-0.05, 0) is 48.7 Å². The van der Waals surface area contributed by atoms with Gasteiger partial charge in [-0.1, -0.05) is 12.1 Å². The smallest absolute Gasteiger partial charge is 0.280 e. The number of aromatic nitrogens is 3. The van der Waals surface area contributed by atoms with E-state index in [1.54, 1.807) is 42.4 Å². The molecule has 7 heteroatoms. The number of nitrogens with zero attached hydrogens (tertiary/aromatic N) is 4. The first-order valence-corrected chi connectivity index (χ1v) is 8.64. The van der Waals surface area contributed by atoms with Crippen LogP contribution < -0.4 is 5.56 Å². The molecule has 3 aromatic rings. The van der Waals surface area contributed by atoms with E-state index >= 15 is 0 Å². The first-order chi connectivity index (χ1) is 12.2. The number of hydrogen-bond acceptors (Lipinski definition) is 5. The summed E-state index contributed by atoms with van der Waals surface area (Å²) in [5.74, 6) is 0.558. The van der Waals surface area contributed by atoms with Gasteiger partial charge in [0.25, 0.3) is 5.56 Å². The van der Waals surface area contributed by atoms with E-state index in [0.29, 0.717) is 16.9 Å². The average molecular weight is 349 g/mol. The zero-order valence-corrected chi connectivity index (χ0v) is 14.4. The summed E-state index contributed by atoms with van der Waals surface area (Å²) >= 11 is 1.67. The maximum Gasteiger partial charge on any atom is 0.280 e. The highest BCUT2D eigenvalue weighted by atomic mass is 32.2. The van der Waals surface area contributed by atoms with Crippen molar-refractivity contribution in [1.82, 2.24) is 19.1 Å². The molecule has 6 nitrogen and oxygen atoms in total. The third-order valence-corrected chi connectivity index (χ3v) is 5.04. The fourth-order valence-electron chi connectivity index (χ4n) is 2.60. The number of H-pyrrole nitrogens is 1. The molecule has 1 N–H and O–H groups in total. The van der Waals surface area contributed by atoms with E-state index in [2.05, 4.69) is 20.5 Å². The Labute approximate surface area is 148 Å². The Morgan fingerprint density at radius 3 is 2.56 bits per heavy atom. The second kappa shape index (κ2) is 6.24. The first-order valence-electron chi connectivity index (χ1n) is 7.87. The number of aryl methyl sites for hydroxylation is 1. The molecule has 0 bridgehead atoms. The molecule has 1 aliphatic heterocycles. The van der Waals surface area contributed by atoms with Gasteiger partial charge in [-0.2, -0.15) is 5.26 Å². The molecule has 25 heavy (non-hydrogen) atoms. The predicted octanol–water partition coefficient (Wildman–Crippen LogP) is 2.73. The fraction of sp³-hybridized carbons (Fsp3) is 0.167. The molecule has 2 aromatic heterocycles. The Morgan fingerprint density at radius 1 is 1.20 bits per heavy atom. The lowest BCUT2D eigenvalue weighted by Gasteiger charge is -2.03. The van der Waals surface area contributed by atoms with Crippen LogP contribution in [0.5, 0.6) is 0 Å². The van der Waals surface area contributed by atoms with Crippen molar-refractivity contribution in [2.75, 3.05) is 13.1 Å². The summed E-state index contributed by atoms with van der Waals surface area (Å²) in [6.07, 6.45) is 1.78. The van der Waals surface area contributed by atoms with Gasteiger partial charge in [0.15, 0.2) is 5.82 Å². The minimum absolute atomic E-state index is 0.152. The van der Waals surface area contributed by atoms with Gasteiger partial charge >= 0.3 is 0 Å². The monoisotopic (exact) mass is 349 g/mol. The van der Waals surface area contributed by atoms with Crippen LogP contribution in [0.3, 0.4) is 0 Å². The van der Waals surface area contributed by atoms with Crippen molar-refractivity contribution in [3.63, 3.8) is 0 Å². The largest absolute Gasteiger partial charge is 0.293 e. The van der Waals surface area contributed by atoms with Gasteiger partial charge in [-0.3, -0.25) is 9.89 Å². The number of nitriles is 1. The van der Waals surface area contributed by atoms with Crippen molar-refractivity contribution in [3.05, 3.63) is 64.2 Å². The Hall–Kier alpha value is -2.82. The summed E-state index contributed by atoms with van der Waals surface area (Å²) in [4.78, 5) is 18.3. The summed E-state index contributed by atoms with van der Waals surface area (Å²) < 4.78 is 3.68. The Bertz CT molecular complexity index is 1010. The molecule has 1 aliphatic rings. The summed E-state index contributed by atoms with van der Waals surface area (Å²) in [7, 11) is 0. The predicted molar refractivity (Wildman–Crippen MR) is 96.5 cm³/mol. The van der Waals surface area contributed by atoms with Crippen molar-refractivity contribution in [3.8, 4) is 23.0 Å². The molecule has 124 valence electrons. The highest BCUT2D eigenvalue weighted by Gasteiger charge is 2.19. The van der Waals surface area contributed by atoms with Gasteiger partial charge in [0.2, 0.25) is 0 Å². The normalized spacial score (nSPS) is 13.6. The number of aromatic amines is 1. The molecule has 1 fully saturated rings. The number of benzene rings is 1. The van der Waals surface area contributed by atoms with Crippen LogP contribution in [0.15, 0.2) is 52.3 Å². The van der Waals surface area contributed by atoms with E-state index in [9.17, 15) is 4.79 Å². The Balaban J connectivity index is 1.69. The number of rotatable bonds is 4. The number of nitrogens with one attached hydrogen (secondary N) is 1. The van der Waals surface area contributed by atoms with E-state index < -0.39 is 0 Å². The van der Waals surface area contributed by atoms with Crippen LogP contribution >= 0.6 is 11.9 Å². The standard InChI is InChI=1S/C18H15N5OS/c1-12-17(14-4-2-13(10-19)3-5-14)18(24)23(21-12)16-7-6-15(11-20-16)25-22-8-9-22/h2-7,11,21H,8-9H2,1H3. The second-order valence-corrected chi connectivity index (χ2v) is 6.98. The molecule has 3 heterocycles. The molecular formula is C18H15N5OS. The molecule has 0 saturated carbocycles. The summed E-state index contributed by atoms with van der Waals surface area (Å²) in [5, 5.41) is 12.0. The van der Waals surface area contributed by atoms with Crippen LogP contribution in [0.1, 0.15) is 11.3 Å². The highest BCUT2D eigenvalue weighted by Crippen LogP contribution is 2.27. The molecule has 0 spiro atoms. The summed E-state index contributed by atoms with van der Waals surface area (Å²) in [6.45, 7) is 4.07.